The summed E-state index contributed by atoms with van der Waals surface area (Å²) in [6.07, 6.45) is 10.9. The van der Waals surface area contributed by atoms with E-state index in [-0.39, 0.29) is 11.3 Å². The van der Waals surface area contributed by atoms with Crippen molar-refractivity contribution in [3.05, 3.63) is 17.7 Å². The molecule has 3 aliphatic heterocycles. The molecule has 7 unspecified atom stereocenters. The van der Waals surface area contributed by atoms with E-state index < -0.39 is 0 Å². The van der Waals surface area contributed by atoms with Crippen molar-refractivity contribution in [1.82, 2.24) is 5.32 Å². The van der Waals surface area contributed by atoms with Crippen LogP contribution in [0.2, 0.25) is 0 Å². The number of hydrogen-bond donors (Lipinski definition) is 2. The number of nitrogens with one attached hydrogen (secondary N) is 2. The number of epoxide rings is 1. The van der Waals surface area contributed by atoms with Gasteiger partial charge in [0.1, 0.15) is 6.04 Å². The molecule has 0 radical (unpaired) electrons. The fourth-order valence-electron chi connectivity index (χ4n) is 3.66. The quantitative estimate of drug-likeness (QED) is 0.422. The van der Waals surface area contributed by atoms with Crippen LogP contribution in [-0.4, -0.2) is 36.5 Å². The second kappa shape index (κ2) is 5.18. The first-order chi connectivity index (χ1) is 9.79. The maximum Gasteiger partial charge on any atom is 0.170 e. The predicted molar refractivity (Wildman–Crippen MR) is 70.3 cm³/mol. The number of rotatable bonds is 5. The van der Waals surface area contributed by atoms with Crippen molar-refractivity contribution < 1.29 is 19.5 Å². The Bertz CT molecular complexity index is 383. The second-order valence-corrected chi connectivity index (χ2v) is 6.35. The summed E-state index contributed by atoms with van der Waals surface area (Å²) in [4.78, 5) is 5.21. The Morgan fingerprint density at radius 1 is 1.05 bits per heavy atom. The van der Waals surface area contributed by atoms with Crippen LogP contribution in [0.25, 0.3) is 0 Å². The third-order valence-corrected chi connectivity index (χ3v) is 5.01. The Labute approximate surface area is 118 Å². The van der Waals surface area contributed by atoms with Crippen molar-refractivity contribution in [3.8, 4) is 0 Å². The van der Waals surface area contributed by atoms with Crippen molar-refractivity contribution in [2.75, 3.05) is 0 Å². The highest BCUT2D eigenvalue weighted by Gasteiger charge is 2.46. The van der Waals surface area contributed by atoms with Gasteiger partial charge in [0.05, 0.1) is 30.5 Å². The van der Waals surface area contributed by atoms with Gasteiger partial charge in [0, 0.05) is 25.5 Å². The minimum atomic E-state index is -0.124. The van der Waals surface area contributed by atoms with E-state index in [9.17, 15) is 5.21 Å². The zero-order valence-electron chi connectivity index (χ0n) is 11.5. The number of fused-ring (bicyclic) bond motifs is 3. The van der Waals surface area contributed by atoms with Gasteiger partial charge in [-0.05, 0) is 19.3 Å². The van der Waals surface area contributed by atoms with Gasteiger partial charge in [-0.1, -0.05) is 0 Å². The highest BCUT2D eigenvalue weighted by molar-refractivity contribution is 4.96. The van der Waals surface area contributed by atoms with Gasteiger partial charge in [-0.3, -0.25) is 0 Å². The van der Waals surface area contributed by atoms with E-state index in [1.165, 1.54) is 6.26 Å². The van der Waals surface area contributed by atoms with Crippen LogP contribution in [0.5, 0.6) is 0 Å². The van der Waals surface area contributed by atoms with Gasteiger partial charge in [-0.25, -0.2) is 0 Å². The van der Waals surface area contributed by atoms with Gasteiger partial charge in [-0.15, -0.1) is 0 Å². The molecule has 0 aromatic heterocycles. The van der Waals surface area contributed by atoms with Crippen LogP contribution < -0.4 is 10.5 Å². The first kappa shape index (κ1) is 12.9. The lowest BCUT2D eigenvalue weighted by Crippen LogP contribution is -3.10. The molecule has 0 amide bonds. The highest BCUT2D eigenvalue weighted by Crippen LogP contribution is 2.36. The van der Waals surface area contributed by atoms with Crippen LogP contribution in [0.15, 0.2) is 12.5 Å². The normalized spacial score (nSPS) is 47.2. The van der Waals surface area contributed by atoms with Crippen molar-refractivity contribution in [1.29, 1.82) is 0 Å². The maximum atomic E-state index is 11.9. The smallest absolute Gasteiger partial charge is 0.170 e. The lowest BCUT2D eigenvalue weighted by atomic mass is 9.85. The SMILES string of the molecule is [O-][NH+](O/C=C/NC1CCC2CC1O2)C1CCC2OC2C1. The summed E-state index contributed by atoms with van der Waals surface area (Å²) in [6.45, 7) is 0. The summed E-state index contributed by atoms with van der Waals surface area (Å²) in [6, 6.07) is 0.374. The fraction of sp³-hybridized carbons (Fsp3) is 0.857. The average molecular weight is 282 g/mol. The summed E-state index contributed by atoms with van der Waals surface area (Å²) in [5.74, 6) is 0. The van der Waals surface area contributed by atoms with Crippen LogP contribution in [0.3, 0.4) is 0 Å². The summed E-state index contributed by atoms with van der Waals surface area (Å²) < 4.78 is 11.1. The molecule has 0 aromatic carbocycles. The first-order valence-corrected chi connectivity index (χ1v) is 7.72. The van der Waals surface area contributed by atoms with E-state index in [1.807, 2.05) is 0 Å². The molecule has 3 saturated heterocycles. The molecule has 2 saturated carbocycles. The predicted octanol–water partition coefficient (Wildman–Crippen LogP) is 0.00130. The fourth-order valence-corrected chi connectivity index (χ4v) is 3.66. The molecule has 2 aliphatic carbocycles. The molecule has 2 bridgehead atoms. The second-order valence-electron chi connectivity index (χ2n) is 6.35. The van der Waals surface area contributed by atoms with Gasteiger partial charge in [0.2, 0.25) is 0 Å². The summed E-state index contributed by atoms with van der Waals surface area (Å²) >= 11 is 0. The van der Waals surface area contributed by atoms with Crippen LogP contribution in [-0.2, 0) is 14.3 Å². The maximum absolute atomic E-state index is 11.9. The Balaban J connectivity index is 1.18. The molecule has 20 heavy (non-hydrogen) atoms. The third kappa shape index (κ3) is 2.53. The van der Waals surface area contributed by atoms with Gasteiger partial charge >= 0.3 is 0 Å². The molecular formula is C14H22N2O4. The number of ether oxygens (including phenoxy) is 2. The zero-order valence-corrected chi connectivity index (χ0v) is 11.5. The highest BCUT2D eigenvalue weighted by atomic mass is 16.9. The minimum absolute atomic E-state index is 0.00815. The number of hydrogen-bond acceptors (Lipinski definition) is 5. The molecule has 2 N–H and O–H groups in total. The van der Waals surface area contributed by atoms with Crippen molar-refractivity contribution in [2.45, 2.75) is 75.0 Å². The molecule has 3 heterocycles. The van der Waals surface area contributed by atoms with Crippen molar-refractivity contribution in [3.63, 3.8) is 0 Å². The molecule has 0 aromatic rings. The Morgan fingerprint density at radius 2 is 1.95 bits per heavy atom. The van der Waals surface area contributed by atoms with Crippen molar-refractivity contribution in [2.24, 2.45) is 0 Å². The van der Waals surface area contributed by atoms with E-state index in [0.29, 0.717) is 30.5 Å². The van der Waals surface area contributed by atoms with E-state index in [0.717, 1.165) is 38.5 Å². The van der Waals surface area contributed by atoms with Crippen LogP contribution >= 0.6 is 0 Å². The van der Waals surface area contributed by atoms with Crippen LogP contribution in [0, 0.1) is 5.21 Å². The van der Waals surface area contributed by atoms with Gasteiger partial charge in [-0.2, -0.15) is 5.23 Å². The lowest BCUT2D eigenvalue weighted by Gasteiger charge is -2.46. The molecule has 6 heteroatoms. The first-order valence-electron chi connectivity index (χ1n) is 7.72. The van der Waals surface area contributed by atoms with E-state index >= 15 is 0 Å². The standard InChI is InChI=1S/C14H22N2O4/c17-16(9-1-4-12-14(7-9)20-12)18-6-5-15-11-3-2-10-8-13(11)19-10/h5-6,9-16H,1-4,7-8H2/b6-5+. The molecule has 6 nitrogen and oxygen atoms in total. The van der Waals surface area contributed by atoms with Crippen molar-refractivity contribution >= 4 is 0 Å². The average Bonchev–Trinajstić information content (AvgIpc) is 3.21. The molecule has 5 fully saturated rings. The Kier molecular flexibility index (Phi) is 3.34. The summed E-state index contributed by atoms with van der Waals surface area (Å²) in [5, 5.41) is 15.1. The lowest BCUT2D eigenvalue weighted by molar-refractivity contribution is -1.06. The monoisotopic (exact) mass is 282 g/mol. The topological polar surface area (TPSA) is 70.5 Å². The van der Waals surface area contributed by atoms with E-state index in [2.05, 4.69) is 5.32 Å². The number of hydroxylamine groups is 2. The Hall–Kier alpha value is -0.820. The van der Waals surface area contributed by atoms with E-state index in [4.69, 9.17) is 14.3 Å². The minimum Gasteiger partial charge on any atom is -0.591 e. The molecule has 5 aliphatic rings. The van der Waals surface area contributed by atoms with Crippen LogP contribution in [0.4, 0.5) is 0 Å². The molecule has 5 rings (SSSR count). The number of quaternary nitrogens is 1. The summed E-state index contributed by atoms with van der Waals surface area (Å²) in [7, 11) is 0. The van der Waals surface area contributed by atoms with Gasteiger partial charge in [0.25, 0.3) is 0 Å². The molecular weight excluding hydrogens is 260 g/mol. The molecule has 7 atom stereocenters. The third-order valence-electron chi connectivity index (χ3n) is 5.01. The van der Waals surface area contributed by atoms with E-state index in [1.54, 1.807) is 6.20 Å². The van der Waals surface area contributed by atoms with Gasteiger partial charge < -0.3 is 24.8 Å². The van der Waals surface area contributed by atoms with Crippen LogP contribution in [0.1, 0.15) is 38.5 Å². The summed E-state index contributed by atoms with van der Waals surface area (Å²) in [5.41, 5.74) is 0. The largest absolute Gasteiger partial charge is 0.591 e. The molecule has 112 valence electrons. The Morgan fingerprint density at radius 3 is 2.70 bits per heavy atom. The zero-order chi connectivity index (χ0) is 13.5. The molecule has 0 spiro atoms. The van der Waals surface area contributed by atoms with Gasteiger partial charge in [0.15, 0.2) is 6.26 Å².